The zero-order valence-electron chi connectivity index (χ0n) is 16.6. The van der Waals surface area contributed by atoms with Crippen LogP contribution in [0, 0.1) is 13.8 Å². The molecule has 0 bridgehead atoms. The molecule has 1 atom stereocenters. The number of nitrogens with zero attached hydrogens (tertiary/aromatic N) is 1. The Hall–Kier alpha value is -2.57. The first-order valence-corrected chi connectivity index (χ1v) is 9.64. The number of amides is 1. The molecule has 0 radical (unpaired) electrons. The molecular formula is C22H25ClN2O4. The van der Waals surface area contributed by atoms with Crippen molar-refractivity contribution in [1.82, 2.24) is 10.2 Å². The molecule has 1 saturated heterocycles. The molecule has 1 N–H and O–H groups in total. The topological polar surface area (TPSA) is 75.7 Å². The lowest BCUT2D eigenvalue weighted by atomic mass is 10.1. The van der Waals surface area contributed by atoms with Gasteiger partial charge in [-0.15, -0.1) is 12.4 Å². The highest BCUT2D eigenvalue weighted by Crippen LogP contribution is 2.26. The van der Waals surface area contributed by atoms with Crippen LogP contribution in [0.15, 0.2) is 50.0 Å². The third-order valence-electron chi connectivity index (χ3n) is 5.23. The van der Waals surface area contributed by atoms with E-state index in [1.165, 1.54) is 6.07 Å². The minimum atomic E-state index is -0.396. The van der Waals surface area contributed by atoms with E-state index in [0.717, 1.165) is 43.0 Å². The Kier molecular flexibility index (Phi) is 6.45. The van der Waals surface area contributed by atoms with Gasteiger partial charge in [-0.1, -0.05) is 11.6 Å². The predicted molar refractivity (Wildman–Crippen MR) is 114 cm³/mol. The van der Waals surface area contributed by atoms with E-state index in [9.17, 15) is 9.59 Å². The molecule has 1 unspecified atom stereocenters. The van der Waals surface area contributed by atoms with Crippen molar-refractivity contribution in [2.24, 2.45) is 0 Å². The van der Waals surface area contributed by atoms with E-state index in [1.807, 2.05) is 32.0 Å². The van der Waals surface area contributed by atoms with Gasteiger partial charge in [0.25, 0.3) is 5.91 Å². The van der Waals surface area contributed by atoms with E-state index < -0.39 is 5.91 Å². The van der Waals surface area contributed by atoms with Gasteiger partial charge >= 0.3 is 0 Å². The van der Waals surface area contributed by atoms with Gasteiger partial charge in [0.05, 0.1) is 11.4 Å². The number of nitrogens with one attached hydrogen (secondary N) is 1. The predicted octanol–water partition coefficient (Wildman–Crippen LogP) is 3.99. The van der Waals surface area contributed by atoms with Crippen LogP contribution in [-0.4, -0.2) is 30.4 Å². The number of hydrogen-bond acceptors (Lipinski definition) is 5. The maximum atomic E-state index is 12.7. The van der Waals surface area contributed by atoms with E-state index in [4.69, 9.17) is 8.83 Å². The zero-order valence-corrected chi connectivity index (χ0v) is 17.4. The molecule has 1 aliphatic rings. The van der Waals surface area contributed by atoms with Crippen molar-refractivity contribution in [2.75, 3.05) is 19.6 Å². The van der Waals surface area contributed by atoms with Crippen LogP contribution < -0.4 is 10.7 Å². The number of hydrogen-bond donors (Lipinski definition) is 1. The standard InChI is InChI=1S/C22H24N2O4.ClH/c1-14-5-7-19-16(11-14)18(25)12-21(28-19)22(26)23-13-17(24-9-3-4-10-24)20-8-6-15(2)27-20;/h5-8,11-12,17H,3-4,9-10,13H2,1-2H3,(H,23,26);1H. The van der Waals surface area contributed by atoms with Gasteiger partial charge in [0.2, 0.25) is 0 Å². The highest BCUT2D eigenvalue weighted by atomic mass is 35.5. The molecule has 1 aliphatic heterocycles. The van der Waals surface area contributed by atoms with Crippen LogP contribution in [-0.2, 0) is 0 Å². The van der Waals surface area contributed by atoms with Crippen molar-refractivity contribution in [3.8, 4) is 0 Å². The summed E-state index contributed by atoms with van der Waals surface area (Å²) in [6.07, 6.45) is 2.28. The number of fused-ring (bicyclic) bond motifs is 1. The van der Waals surface area contributed by atoms with Gasteiger partial charge in [0, 0.05) is 12.6 Å². The fraction of sp³-hybridized carbons (Fsp3) is 0.364. The molecule has 154 valence electrons. The number of carbonyl (C=O) groups is 1. The lowest BCUT2D eigenvalue weighted by molar-refractivity contribution is 0.0906. The first kappa shape index (κ1) is 21.1. The normalized spacial score (nSPS) is 15.2. The number of rotatable bonds is 5. The Morgan fingerprint density at radius 3 is 2.55 bits per heavy atom. The SMILES string of the molecule is Cc1ccc2oc(C(=O)NCC(c3ccc(C)o3)N3CCCC3)cc(=O)c2c1.Cl. The lowest BCUT2D eigenvalue weighted by Crippen LogP contribution is -2.36. The van der Waals surface area contributed by atoms with E-state index in [-0.39, 0.29) is 29.6 Å². The second kappa shape index (κ2) is 8.84. The summed E-state index contributed by atoms with van der Waals surface area (Å²) in [7, 11) is 0. The van der Waals surface area contributed by atoms with E-state index in [2.05, 4.69) is 10.2 Å². The molecule has 3 heterocycles. The van der Waals surface area contributed by atoms with E-state index in [1.54, 1.807) is 12.1 Å². The van der Waals surface area contributed by atoms with Crippen molar-refractivity contribution in [3.05, 3.63) is 69.5 Å². The maximum Gasteiger partial charge on any atom is 0.287 e. The summed E-state index contributed by atoms with van der Waals surface area (Å²) in [4.78, 5) is 27.4. The van der Waals surface area contributed by atoms with Crippen LogP contribution in [0.5, 0.6) is 0 Å². The van der Waals surface area contributed by atoms with E-state index >= 15 is 0 Å². The molecule has 1 amide bonds. The summed E-state index contributed by atoms with van der Waals surface area (Å²) in [5.74, 6) is 1.32. The second-order valence-electron chi connectivity index (χ2n) is 7.39. The minimum absolute atomic E-state index is 0. The van der Waals surface area contributed by atoms with Gasteiger partial charge < -0.3 is 14.2 Å². The molecule has 1 aromatic carbocycles. The molecule has 0 aliphatic carbocycles. The summed E-state index contributed by atoms with van der Waals surface area (Å²) in [6, 6.07) is 10.5. The maximum absolute atomic E-state index is 12.7. The van der Waals surface area contributed by atoms with Crippen molar-refractivity contribution < 1.29 is 13.6 Å². The Morgan fingerprint density at radius 2 is 1.86 bits per heavy atom. The lowest BCUT2D eigenvalue weighted by Gasteiger charge is -2.26. The van der Waals surface area contributed by atoms with Gasteiger partial charge in [-0.05, 0) is 64.0 Å². The first-order valence-electron chi connectivity index (χ1n) is 9.64. The fourth-order valence-corrected chi connectivity index (χ4v) is 3.75. The quantitative estimate of drug-likeness (QED) is 0.680. The summed E-state index contributed by atoms with van der Waals surface area (Å²) < 4.78 is 11.5. The molecule has 3 aromatic rings. The van der Waals surface area contributed by atoms with Gasteiger partial charge in [-0.2, -0.15) is 0 Å². The van der Waals surface area contributed by atoms with Gasteiger partial charge in [-0.25, -0.2) is 0 Å². The Balaban J connectivity index is 0.00000240. The van der Waals surface area contributed by atoms with Crippen molar-refractivity contribution >= 4 is 29.3 Å². The van der Waals surface area contributed by atoms with Crippen molar-refractivity contribution in [3.63, 3.8) is 0 Å². The summed E-state index contributed by atoms with van der Waals surface area (Å²) in [6.45, 7) is 6.17. The van der Waals surface area contributed by atoms with Crippen LogP contribution in [0.25, 0.3) is 11.0 Å². The van der Waals surface area contributed by atoms with Crippen molar-refractivity contribution in [1.29, 1.82) is 0 Å². The van der Waals surface area contributed by atoms with E-state index in [0.29, 0.717) is 17.5 Å². The van der Waals surface area contributed by atoms with Crippen LogP contribution in [0.1, 0.15) is 46.5 Å². The minimum Gasteiger partial charge on any atom is -0.465 e. The molecular weight excluding hydrogens is 392 g/mol. The molecule has 2 aromatic heterocycles. The highest BCUT2D eigenvalue weighted by Gasteiger charge is 2.27. The summed E-state index contributed by atoms with van der Waals surface area (Å²) in [5, 5.41) is 3.40. The number of carbonyl (C=O) groups excluding carboxylic acids is 1. The second-order valence-corrected chi connectivity index (χ2v) is 7.39. The Bertz CT molecular complexity index is 1070. The van der Waals surface area contributed by atoms with Gasteiger partial charge in [-0.3, -0.25) is 14.5 Å². The van der Waals surface area contributed by atoms with Gasteiger partial charge in [0.15, 0.2) is 11.2 Å². The summed E-state index contributed by atoms with van der Waals surface area (Å²) >= 11 is 0. The number of halogens is 1. The molecule has 0 saturated carbocycles. The zero-order chi connectivity index (χ0) is 19.7. The fourth-order valence-electron chi connectivity index (χ4n) is 3.75. The number of likely N-dealkylation sites (tertiary alicyclic amines) is 1. The molecule has 6 nitrogen and oxygen atoms in total. The molecule has 0 spiro atoms. The number of aryl methyl sites for hydroxylation is 2. The van der Waals surface area contributed by atoms with Crippen LogP contribution in [0.3, 0.4) is 0 Å². The van der Waals surface area contributed by atoms with Crippen LogP contribution in [0.4, 0.5) is 0 Å². The van der Waals surface area contributed by atoms with Gasteiger partial charge in [0.1, 0.15) is 17.1 Å². The number of furan rings is 1. The number of benzene rings is 1. The van der Waals surface area contributed by atoms with Crippen molar-refractivity contribution in [2.45, 2.75) is 32.7 Å². The van der Waals surface area contributed by atoms with Crippen LogP contribution in [0.2, 0.25) is 0 Å². The highest BCUT2D eigenvalue weighted by molar-refractivity contribution is 5.93. The van der Waals surface area contributed by atoms with Crippen LogP contribution >= 0.6 is 12.4 Å². The first-order chi connectivity index (χ1) is 13.5. The summed E-state index contributed by atoms with van der Waals surface area (Å²) in [5.41, 5.74) is 1.17. The smallest absolute Gasteiger partial charge is 0.287 e. The largest absolute Gasteiger partial charge is 0.465 e. The Morgan fingerprint density at radius 1 is 1.10 bits per heavy atom. The monoisotopic (exact) mass is 416 g/mol. The average molecular weight is 417 g/mol. The molecule has 4 rings (SSSR count). The Labute approximate surface area is 175 Å². The molecule has 29 heavy (non-hydrogen) atoms. The molecule has 7 heteroatoms. The third-order valence-corrected chi connectivity index (χ3v) is 5.23. The average Bonchev–Trinajstić information content (AvgIpc) is 3.34. The third kappa shape index (κ3) is 4.54. The molecule has 1 fully saturated rings.